The van der Waals surface area contributed by atoms with E-state index in [4.69, 9.17) is 15.2 Å². The van der Waals surface area contributed by atoms with Crippen LogP contribution in [0, 0.1) is 0 Å². The standard InChI is InChI=1S/C14H25NO2/c15-12-4-1-2-5-13(12)17-11-6-9-16-14(10-11)7-3-8-14/h11-13H,1-10,15H2. The van der Waals surface area contributed by atoms with Crippen molar-refractivity contribution in [1.82, 2.24) is 0 Å². The molecular formula is C14H25NO2. The Morgan fingerprint density at radius 2 is 1.88 bits per heavy atom. The van der Waals surface area contributed by atoms with E-state index in [2.05, 4.69) is 0 Å². The van der Waals surface area contributed by atoms with Gasteiger partial charge in [0.25, 0.3) is 0 Å². The Morgan fingerprint density at radius 3 is 2.59 bits per heavy atom. The highest BCUT2D eigenvalue weighted by molar-refractivity contribution is 4.95. The number of hydrogen-bond acceptors (Lipinski definition) is 3. The lowest BCUT2D eigenvalue weighted by molar-refractivity contribution is -0.182. The molecule has 1 heterocycles. The summed E-state index contributed by atoms with van der Waals surface area (Å²) >= 11 is 0. The van der Waals surface area contributed by atoms with E-state index < -0.39 is 0 Å². The van der Waals surface area contributed by atoms with E-state index in [0.717, 1.165) is 32.3 Å². The molecule has 0 aromatic rings. The molecule has 3 atom stereocenters. The maximum Gasteiger partial charge on any atom is 0.0729 e. The molecule has 1 saturated heterocycles. The minimum atomic E-state index is 0.196. The zero-order valence-corrected chi connectivity index (χ0v) is 10.7. The quantitative estimate of drug-likeness (QED) is 0.804. The van der Waals surface area contributed by atoms with E-state index in [0.29, 0.717) is 12.2 Å². The minimum absolute atomic E-state index is 0.196. The molecule has 3 unspecified atom stereocenters. The van der Waals surface area contributed by atoms with Crippen molar-refractivity contribution in [3.05, 3.63) is 0 Å². The van der Waals surface area contributed by atoms with Crippen molar-refractivity contribution in [2.45, 2.75) is 81.6 Å². The van der Waals surface area contributed by atoms with E-state index in [-0.39, 0.29) is 11.6 Å². The van der Waals surface area contributed by atoms with Gasteiger partial charge in [0.05, 0.1) is 17.8 Å². The van der Waals surface area contributed by atoms with Crippen LogP contribution in [0.15, 0.2) is 0 Å². The molecule has 2 aliphatic carbocycles. The summed E-state index contributed by atoms with van der Waals surface area (Å²) in [6.45, 7) is 0.882. The summed E-state index contributed by atoms with van der Waals surface area (Å²) in [6.07, 6.45) is 11.5. The molecule has 3 nitrogen and oxygen atoms in total. The molecule has 3 aliphatic rings. The molecule has 2 saturated carbocycles. The van der Waals surface area contributed by atoms with Crippen molar-refractivity contribution >= 4 is 0 Å². The van der Waals surface area contributed by atoms with Gasteiger partial charge in [0.2, 0.25) is 0 Å². The van der Waals surface area contributed by atoms with E-state index >= 15 is 0 Å². The molecule has 0 radical (unpaired) electrons. The van der Waals surface area contributed by atoms with Crippen molar-refractivity contribution < 1.29 is 9.47 Å². The highest BCUT2D eigenvalue weighted by atomic mass is 16.5. The van der Waals surface area contributed by atoms with Crippen molar-refractivity contribution in [3.63, 3.8) is 0 Å². The number of ether oxygens (including phenoxy) is 2. The molecule has 0 bridgehead atoms. The highest BCUT2D eigenvalue weighted by Crippen LogP contribution is 2.43. The average Bonchev–Trinajstić information content (AvgIpc) is 2.31. The summed E-state index contributed by atoms with van der Waals surface area (Å²) in [5.41, 5.74) is 6.35. The molecular weight excluding hydrogens is 214 g/mol. The van der Waals surface area contributed by atoms with Gasteiger partial charge < -0.3 is 15.2 Å². The first-order valence-corrected chi connectivity index (χ1v) is 7.32. The van der Waals surface area contributed by atoms with Crippen LogP contribution in [0.4, 0.5) is 0 Å². The Labute approximate surface area is 104 Å². The summed E-state index contributed by atoms with van der Waals surface area (Å²) in [6, 6.07) is 0.268. The second-order valence-electron chi connectivity index (χ2n) is 6.12. The van der Waals surface area contributed by atoms with E-state index in [1.165, 1.54) is 32.1 Å². The minimum Gasteiger partial charge on any atom is -0.375 e. The maximum absolute atomic E-state index is 6.27. The largest absolute Gasteiger partial charge is 0.375 e. The molecule has 1 spiro atoms. The van der Waals surface area contributed by atoms with Gasteiger partial charge in [-0.3, -0.25) is 0 Å². The second kappa shape index (κ2) is 4.87. The number of nitrogens with two attached hydrogens (primary N) is 1. The van der Waals surface area contributed by atoms with Gasteiger partial charge in [-0.15, -0.1) is 0 Å². The van der Waals surface area contributed by atoms with Crippen molar-refractivity contribution in [3.8, 4) is 0 Å². The predicted molar refractivity (Wildman–Crippen MR) is 66.9 cm³/mol. The monoisotopic (exact) mass is 239 g/mol. The fraction of sp³-hybridized carbons (Fsp3) is 1.00. The third kappa shape index (κ3) is 2.51. The van der Waals surface area contributed by atoms with Crippen LogP contribution >= 0.6 is 0 Å². The molecule has 0 aromatic heterocycles. The highest BCUT2D eigenvalue weighted by Gasteiger charge is 2.43. The predicted octanol–water partition coefficient (Wildman–Crippen LogP) is 2.37. The average molecular weight is 239 g/mol. The Kier molecular flexibility index (Phi) is 3.42. The summed E-state index contributed by atoms with van der Waals surface area (Å²) < 4.78 is 12.2. The normalized spacial score (nSPS) is 41.1. The molecule has 0 aromatic carbocycles. The van der Waals surface area contributed by atoms with Gasteiger partial charge in [0, 0.05) is 19.1 Å². The van der Waals surface area contributed by atoms with Gasteiger partial charge in [-0.1, -0.05) is 12.8 Å². The van der Waals surface area contributed by atoms with Crippen LogP contribution in [0.25, 0.3) is 0 Å². The Bertz CT molecular complexity index is 265. The van der Waals surface area contributed by atoms with Crippen molar-refractivity contribution in [2.24, 2.45) is 5.73 Å². The van der Waals surface area contributed by atoms with Crippen LogP contribution in [0.2, 0.25) is 0 Å². The first-order valence-electron chi connectivity index (χ1n) is 7.32. The van der Waals surface area contributed by atoms with Gasteiger partial charge >= 0.3 is 0 Å². The Morgan fingerprint density at radius 1 is 1.06 bits per heavy atom. The van der Waals surface area contributed by atoms with Gasteiger partial charge in [-0.25, -0.2) is 0 Å². The first kappa shape index (κ1) is 11.9. The van der Waals surface area contributed by atoms with E-state index in [1.807, 2.05) is 0 Å². The van der Waals surface area contributed by atoms with Crippen molar-refractivity contribution in [2.75, 3.05) is 6.61 Å². The lowest BCUT2D eigenvalue weighted by atomic mass is 9.74. The van der Waals surface area contributed by atoms with E-state index in [1.54, 1.807) is 0 Å². The third-order valence-corrected chi connectivity index (χ3v) is 4.83. The van der Waals surface area contributed by atoms with E-state index in [9.17, 15) is 0 Å². The Balaban J connectivity index is 1.53. The lowest BCUT2D eigenvalue weighted by Crippen LogP contribution is -2.50. The molecule has 0 amide bonds. The topological polar surface area (TPSA) is 44.5 Å². The van der Waals surface area contributed by atoms with Crippen LogP contribution in [0.1, 0.15) is 57.8 Å². The molecule has 3 rings (SSSR count). The maximum atomic E-state index is 6.27. The van der Waals surface area contributed by atoms with Gasteiger partial charge in [0.15, 0.2) is 0 Å². The second-order valence-corrected chi connectivity index (χ2v) is 6.12. The summed E-state index contributed by atoms with van der Waals surface area (Å²) in [5, 5.41) is 0. The van der Waals surface area contributed by atoms with Gasteiger partial charge in [-0.2, -0.15) is 0 Å². The number of hydrogen-bond donors (Lipinski definition) is 1. The zero-order chi connectivity index (χ0) is 11.7. The lowest BCUT2D eigenvalue weighted by Gasteiger charge is -2.48. The SMILES string of the molecule is NC1CCCCC1OC1CCOC2(CCC2)C1. The fourth-order valence-corrected chi connectivity index (χ4v) is 3.56. The summed E-state index contributed by atoms with van der Waals surface area (Å²) in [4.78, 5) is 0. The van der Waals surface area contributed by atoms with Gasteiger partial charge in [0.1, 0.15) is 0 Å². The number of rotatable bonds is 2. The van der Waals surface area contributed by atoms with Crippen LogP contribution in [-0.4, -0.2) is 30.5 Å². The summed E-state index contributed by atoms with van der Waals surface area (Å²) in [5.74, 6) is 0. The van der Waals surface area contributed by atoms with Crippen molar-refractivity contribution in [1.29, 1.82) is 0 Å². The molecule has 1 aliphatic heterocycles. The zero-order valence-electron chi connectivity index (χ0n) is 10.7. The first-order chi connectivity index (χ1) is 8.27. The third-order valence-electron chi connectivity index (χ3n) is 4.83. The summed E-state index contributed by atoms with van der Waals surface area (Å²) in [7, 11) is 0. The Hall–Kier alpha value is -0.120. The van der Waals surface area contributed by atoms with Crippen LogP contribution in [0.3, 0.4) is 0 Å². The smallest absolute Gasteiger partial charge is 0.0729 e. The molecule has 3 fully saturated rings. The molecule has 2 N–H and O–H groups in total. The molecule has 17 heavy (non-hydrogen) atoms. The molecule has 98 valence electrons. The van der Waals surface area contributed by atoms with Crippen LogP contribution in [0.5, 0.6) is 0 Å². The van der Waals surface area contributed by atoms with Crippen LogP contribution < -0.4 is 5.73 Å². The van der Waals surface area contributed by atoms with Gasteiger partial charge in [-0.05, 0) is 38.5 Å². The van der Waals surface area contributed by atoms with Crippen LogP contribution in [-0.2, 0) is 9.47 Å². The molecule has 3 heteroatoms. The fourth-order valence-electron chi connectivity index (χ4n) is 3.56.